The van der Waals surface area contributed by atoms with Gasteiger partial charge < -0.3 is 15.5 Å². The largest absolute Gasteiger partial charge is 0.326 e. The molecule has 3 amide bonds. The SMILES string of the molecule is Cc1cc(N2CC[C@@H](NC(=O)Nc3cccc(F)c3C)C2=O)ccc1F. The topological polar surface area (TPSA) is 61.4 Å². The normalized spacial score (nSPS) is 16.7. The predicted molar refractivity (Wildman–Crippen MR) is 95.2 cm³/mol. The standard InChI is InChI=1S/C19H19F2N3O2/c1-11-10-13(6-7-14(11)20)24-9-8-17(18(24)25)23-19(26)22-16-5-3-4-15(21)12(16)2/h3-7,10,17H,8-9H2,1-2H3,(H2,22,23,26)/t17-/m1/s1. The molecule has 1 fully saturated rings. The number of nitrogens with one attached hydrogen (secondary N) is 2. The smallest absolute Gasteiger partial charge is 0.319 e. The average Bonchev–Trinajstić information content (AvgIpc) is 2.95. The van der Waals surface area contributed by atoms with E-state index in [9.17, 15) is 18.4 Å². The molecule has 1 aliphatic heterocycles. The van der Waals surface area contributed by atoms with Crippen molar-refractivity contribution in [3.05, 3.63) is 59.2 Å². The van der Waals surface area contributed by atoms with Crippen LogP contribution in [0.1, 0.15) is 17.5 Å². The lowest BCUT2D eigenvalue weighted by Gasteiger charge is -2.18. The molecule has 0 spiro atoms. The summed E-state index contributed by atoms with van der Waals surface area (Å²) in [7, 11) is 0. The van der Waals surface area contributed by atoms with Crippen molar-refractivity contribution in [3.8, 4) is 0 Å². The van der Waals surface area contributed by atoms with E-state index in [1.54, 1.807) is 32.0 Å². The van der Waals surface area contributed by atoms with Crippen LogP contribution in [0.3, 0.4) is 0 Å². The van der Waals surface area contributed by atoms with Crippen LogP contribution in [0.2, 0.25) is 0 Å². The highest BCUT2D eigenvalue weighted by atomic mass is 19.1. The minimum absolute atomic E-state index is 0.262. The Hall–Kier alpha value is -2.96. The molecule has 0 radical (unpaired) electrons. The van der Waals surface area contributed by atoms with Gasteiger partial charge in [-0.3, -0.25) is 4.79 Å². The van der Waals surface area contributed by atoms with E-state index in [0.29, 0.717) is 35.5 Å². The molecule has 3 rings (SSSR count). The number of carbonyl (C=O) groups excluding carboxylic acids is 2. The fourth-order valence-corrected chi connectivity index (χ4v) is 2.93. The molecule has 136 valence electrons. The molecule has 0 bridgehead atoms. The number of rotatable bonds is 3. The molecule has 1 atom stereocenters. The number of nitrogens with zero attached hydrogens (tertiary/aromatic N) is 1. The predicted octanol–water partition coefficient (Wildman–Crippen LogP) is 3.51. The van der Waals surface area contributed by atoms with Crippen LogP contribution in [0, 0.1) is 25.5 Å². The lowest BCUT2D eigenvalue weighted by Crippen LogP contribution is -2.43. The molecule has 0 saturated carbocycles. The first kappa shape index (κ1) is 17.8. The Morgan fingerprint density at radius 1 is 1.15 bits per heavy atom. The zero-order valence-corrected chi connectivity index (χ0v) is 14.5. The molecule has 5 nitrogen and oxygen atoms in total. The number of carbonyl (C=O) groups is 2. The van der Waals surface area contributed by atoms with Gasteiger partial charge in [-0.05, 0) is 56.2 Å². The third-order valence-electron chi connectivity index (χ3n) is 4.48. The number of halogens is 2. The third-order valence-corrected chi connectivity index (χ3v) is 4.48. The van der Waals surface area contributed by atoms with Crippen molar-refractivity contribution in [2.75, 3.05) is 16.8 Å². The van der Waals surface area contributed by atoms with Crippen molar-refractivity contribution in [1.29, 1.82) is 0 Å². The Labute approximate surface area is 150 Å². The van der Waals surface area contributed by atoms with Crippen LogP contribution >= 0.6 is 0 Å². The molecule has 1 aliphatic rings. The molecule has 2 N–H and O–H groups in total. The van der Waals surface area contributed by atoms with Gasteiger partial charge in [0.2, 0.25) is 5.91 Å². The monoisotopic (exact) mass is 359 g/mol. The van der Waals surface area contributed by atoms with Crippen molar-refractivity contribution in [2.24, 2.45) is 0 Å². The Bertz CT molecular complexity index is 870. The highest BCUT2D eigenvalue weighted by Gasteiger charge is 2.33. The zero-order chi connectivity index (χ0) is 18.8. The number of amides is 3. The fourth-order valence-electron chi connectivity index (χ4n) is 2.93. The molecule has 0 aliphatic carbocycles. The quantitative estimate of drug-likeness (QED) is 0.881. The molecule has 0 unspecified atom stereocenters. The molecule has 0 aromatic heterocycles. The van der Waals surface area contributed by atoms with Gasteiger partial charge in [0.15, 0.2) is 0 Å². The molecule has 1 heterocycles. The summed E-state index contributed by atoms with van der Waals surface area (Å²) < 4.78 is 26.9. The summed E-state index contributed by atoms with van der Waals surface area (Å²) in [5.41, 5.74) is 1.72. The van der Waals surface area contributed by atoms with E-state index in [2.05, 4.69) is 10.6 Å². The van der Waals surface area contributed by atoms with E-state index in [4.69, 9.17) is 0 Å². The van der Waals surface area contributed by atoms with Gasteiger partial charge in [0.1, 0.15) is 17.7 Å². The second-order valence-electron chi connectivity index (χ2n) is 6.28. The van der Waals surface area contributed by atoms with Gasteiger partial charge in [-0.1, -0.05) is 6.07 Å². The van der Waals surface area contributed by atoms with Crippen molar-refractivity contribution >= 4 is 23.3 Å². The van der Waals surface area contributed by atoms with E-state index in [-0.39, 0.29) is 11.7 Å². The van der Waals surface area contributed by atoms with Crippen LogP contribution in [-0.4, -0.2) is 24.5 Å². The van der Waals surface area contributed by atoms with Crippen LogP contribution in [-0.2, 0) is 4.79 Å². The maximum absolute atomic E-state index is 13.5. The van der Waals surface area contributed by atoms with Crippen molar-refractivity contribution in [2.45, 2.75) is 26.3 Å². The van der Waals surface area contributed by atoms with E-state index in [1.165, 1.54) is 23.1 Å². The first-order valence-corrected chi connectivity index (χ1v) is 8.27. The maximum Gasteiger partial charge on any atom is 0.319 e. The van der Waals surface area contributed by atoms with Crippen LogP contribution < -0.4 is 15.5 Å². The van der Waals surface area contributed by atoms with Gasteiger partial charge in [-0.2, -0.15) is 0 Å². The third kappa shape index (κ3) is 3.51. The summed E-state index contributed by atoms with van der Waals surface area (Å²) in [4.78, 5) is 26.2. The Morgan fingerprint density at radius 3 is 2.65 bits per heavy atom. The second-order valence-corrected chi connectivity index (χ2v) is 6.28. The van der Waals surface area contributed by atoms with Gasteiger partial charge in [0, 0.05) is 23.5 Å². The first-order chi connectivity index (χ1) is 12.4. The summed E-state index contributed by atoms with van der Waals surface area (Å²) in [6, 6.07) is 7.59. The first-order valence-electron chi connectivity index (χ1n) is 8.27. The van der Waals surface area contributed by atoms with E-state index >= 15 is 0 Å². The van der Waals surface area contributed by atoms with Gasteiger partial charge in [0.05, 0.1) is 0 Å². The highest BCUT2D eigenvalue weighted by molar-refractivity contribution is 6.02. The number of hydrogen-bond donors (Lipinski definition) is 2. The molecule has 2 aromatic carbocycles. The van der Waals surface area contributed by atoms with E-state index < -0.39 is 17.9 Å². The summed E-state index contributed by atoms with van der Waals surface area (Å²) in [6.07, 6.45) is 0.435. The maximum atomic E-state index is 13.5. The van der Waals surface area contributed by atoms with E-state index in [1.807, 2.05) is 0 Å². The van der Waals surface area contributed by atoms with Gasteiger partial charge >= 0.3 is 6.03 Å². The van der Waals surface area contributed by atoms with Gasteiger partial charge in [-0.25, -0.2) is 13.6 Å². The number of hydrogen-bond acceptors (Lipinski definition) is 2. The van der Waals surface area contributed by atoms with Crippen LogP contribution in [0.15, 0.2) is 36.4 Å². The summed E-state index contributed by atoms with van der Waals surface area (Å²) >= 11 is 0. The molecule has 26 heavy (non-hydrogen) atoms. The van der Waals surface area contributed by atoms with Crippen molar-refractivity contribution in [1.82, 2.24) is 5.32 Å². The minimum Gasteiger partial charge on any atom is -0.326 e. The number of urea groups is 1. The Morgan fingerprint density at radius 2 is 1.92 bits per heavy atom. The lowest BCUT2D eigenvalue weighted by molar-refractivity contribution is -0.118. The average molecular weight is 359 g/mol. The number of aryl methyl sites for hydroxylation is 1. The van der Waals surface area contributed by atoms with Crippen molar-refractivity contribution < 1.29 is 18.4 Å². The molecular weight excluding hydrogens is 340 g/mol. The van der Waals surface area contributed by atoms with Crippen LogP contribution in [0.4, 0.5) is 25.0 Å². The zero-order valence-electron chi connectivity index (χ0n) is 14.5. The molecule has 2 aromatic rings. The molecule has 1 saturated heterocycles. The van der Waals surface area contributed by atoms with Crippen LogP contribution in [0.5, 0.6) is 0 Å². The Balaban J connectivity index is 1.66. The van der Waals surface area contributed by atoms with Crippen molar-refractivity contribution in [3.63, 3.8) is 0 Å². The summed E-state index contributed by atoms with van der Waals surface area (Å²) in [5, 5.41) is 5.17. The summed E-state index contributed by atoms with van der Waals surface area (Å²) in [6.45, 7) is 3.61. The molecule has 7 heteroatoms. The lowest BCUT2D eigenvalue weighted by atomic mass is 10.2. The second kappa shape index (κ2) is 7.11. The van der Waals surface area contributed by atoms with Crippen LogP contribution in [0.25, 0.3) is 0 Å². The highest BCUT2D eigenvalue weighted by Crippen LogP contribution is 2.24. The number of benzene rings is 2. The van der Waals surface area contributed by atoms with Gasteiger partial charge in [-0.15, -0.1) is 0 Å². The number of anilines is 2. The minimum atomic E-state index is -0.686. The van der Waals surface area contributed by atoms with E-state index in [0.717, 1.165) is 0 Å². The molecular formula is C19H19F2N3O2. The summed E-state index contributed by atoms with van der Waals surface area (Å²) in [5.74, 6) is -1.01. The fraction of sp³-hybridized carbons (Fsp3) is 0.263. The Kier molecular flexibility index (Phi) is 4.88. The van der Waals surface area contributed by atoms with Gasteiger partial charge in [0.25, 0.3) is 0 Å².